The molecule has 0 fully saturated rings. The smallest absolute Gasteiger partial charge is 0.417 e. The number of rotatable bonds is 1. The number of para-hydroxylation sites is 1. The van der Waals surface area contributed by atoms with Gasteiger partial charge in [0, 0.05) is 5.56 Å². The Morgan fingerprint density at radius 2 is 2.23 bits per heavy atom. The molecule has 13 heavy (non-hydrogen) atoms. The predicted molar refractivity (Wildman–Crippen MR) is 53.0 cm³/mol. The first kappa shape index (κ1) is 9.13. The molecule has 3 nitrogen and oxygen atoms in total. The number of hydrogen-bond donors (Lipinski definition) is 0. The van der Waals surface area contributed by atoms with Crippen molar-refractivity contribution in [2.75, 3.05) is 6.26 Å². The van der Waals surface area contributed by atoms with Gasteiger partial charge in [-0.05, 0) is 23.7 Å². The van der Waals surface area contributed by atoms with Gasteiger partial charge in [-0.1, -0.05) is 18.2 Å². The molecule has 1 aromatic rings. The molecular weight excluding hydrogens is 207 g/mol. The second-order valence-electron chi connectivity index (χ2n) is 2.60. The van der Waals surface area contributed by atoms with Crippen molar-refractivity contribution in [2.24, 2.45) is 0 Å². The summed E-state index contributed by atoms with van der Waals surface area (Å²) in [5.74, 6) is 0.673. The SMILES string of the molecule is CSP1(=O)OCc2ccccc2O1. The summed E-state index contributed by atoms with van der Waals surface area (Å²) in [5, 5.41) is 0. The Bertz CT molecular complexity index is 366. The molecule has 70 valence electrons. The van der Waals surface area contributed by atoms with E-state index in [1.54, 1.807) is 12.3 Å². The lowest BCUT2D eigenvalue weighted by Crippen LogP contribution is -2.04. The minimum absolute atomic E-state index is 0.369. The van der Waals surface area contributed by atoms with E-state index < -0.39 is 6.80 Å². The Kier molecular flexibility index (Phi) is 2.37. The van der Waals surface area contributed by atoms with Crippen LogP contribution in [0.3, 0.4) is 0 Å². The van der Waals surface area contributed by atoms with E-state index in [-0.39, 0.29) is 0 Å². The van der Waals surface area contributed by atoms with E-state index in [9.17, 15) is 4.57 Å². The second-order valence-corrected chi connectivity index (χ2v) is 6.74. The maximum atomic E-state index is 11.7. The first-order chi connectivity index (χ1) is 6.23. The standard InChI is InChI=1S/C8H9O3PS/c1-13-12(9)10-6-7-4-2-3-5-8(7)11-12/h2-5H,6H2,1H3. The number of fused-ring (bicyclic) bond motifs is 1. The number of benzene rings is 1. The molecule has 0 saturated carbocycles. The molecule has 0 N–H and O–H groups in total. The van der Waals surface area contributed by atoms with Gasteiger partial charge in [0.2, 0.25) is 0 Å². The van der Waals surface area contributed by atoms with Crippen LogP contribution in [0.1, 0.15) is 5.56 Å². The summed E-state index contributed by atoms with van der Waals surface area (Å²) in [6, 6.07) is 7.47. The Labute approximate surface area is 80.7 Å². The van der Waals surface area contributed by atoms with Gasteiger partial charge in [0.25, 0.3) is 0 Å². The average molecular weight is 216 g/mol. The average Bonchev–Trinajstić information content (AvgIpc) is 2.18. The van der Waals surface area contributed by atoms with E-state index in [2.05, 4.69) is 0 Å². The minimum atomic E-state index is -2.91. The minimum Gasteiger partial charge on any atom is -0.417 e. The summed E-state index contributed by atoms with van der Waals surface area (Å²) >= 11 is 1.12. The van der Waals surface area contributed by atoms with Gasteiger partial charge in [-0.3, -0.25) is 4.52 Å². The van der Waals surface area contributed by atoms with Crippen LogP contribution in [0.15, 0.2) is 24.3 Å². The zero-order valence-electron chi connectivity index (χ0n) is 7.10. The topological polar surface area (TPSA) is 35.5 Å². The summed E-state index contributed by atoms with van der Waals surface area (Å²) < 4.78 is 22.1. The summed E-state index contributed by atoms with van der Waals surface area (Å²) in [4.78, 5) is 0. The van der Waals surface area contributed by atoms with Crippen molar-refractivity contribution >= 4 is 18.2 Å². The highest BCUT2D eigenvalue weighted by Crippen LogP contribution is 2.62. The van der Waals surface area contributed by atoms with E-state index >= 15 is 0 Å². The van der Waals surface area contributed by atoms with Crippen LogP contribution in [0, 0.1) is 0 Å². The fourth-order valence-electron chi connectivity index (χ4n) is 1.10. The molecule has 2 rings (SSSR count). The van der Waals surface area contributed by atoms with E-state index in [0.717, 1.165) is 16.9 Å². The van der Waals surface area contributed by atoms with Gasteiger partial charge in [-0.15, -0.1) is 0 Å². The third-order valence-corrected chi connectivity index (χ3v) is 4.98. The van der Waals surface area contributed by atoms with Crippen LogP contribution in [-0.4, -0.2) is 6.26 Å². The fraction of sp³-hybridized carbons (Fsp3) is 0.250. The van der Waals surface area contributed by atoms with Crippen LogP contribution < -0.4 is 4.52 Å². The molecule has 5 heteroatoms. The summed E-state index contributed by atoms with van der Waals surface area (Å²) in [5.41, 5.74) is 0.947. The molecule has 1 aliphatic rings. The first-order valence-electron chi connectivity index (χ1n) is 3.81. The van der Waals surface area contributed by atoms with Gasteiger partial charge in [0.1, 0.15) is 5.75 Å². The van der Waals surface area contributed by atoms with Gasteiger partial charge in [-0.25, -0.2) is 4.57 Å². The summed E-state index contributed by atoms with van der Waals surface area (Å²) in [7, 11) is 0. The molecule has 1 aromatic carbocycles. The van der Waals surface area contributed by atoms with E-state index in [4.69, 9.17) is 9.05 Å². The van der Waals surface area contributed by atoms with E-state index in [1.807, 2.05) is 18.2 Å². The van der Waals surface area contributed by atoms with Crippen LogP contribution in [0.5, 0.6) is 5.75 Å². The van der Waals surface area contributed by atoms with E-state index in [0.29, 0.717) is 12.4 Å². The third kappa shape index (κ3) is 1.75. The van der Waals surface area contributed by atoms with Crippen molar-refractivity contribution in [3.8, 4) is 5.75 Å². The zero-order chi connectivity index (χ0) is 9.31. The van der Waals surface area contributed by atoms with Crippen LogP contribution in [0.25, 0.3) is 0 Å². The van der Waals surface area contributed by atoms with Gasteiger partial charge >= 0.3 is 6.80 Å². The molecule has 0 aliphatic carbocycles. The van der Waals surface area contributed by atoms with Gasteiger partial charge in [0.05, 0.1) is 6.61 Å². The van der Waals surface area contributed by atoms with Crippen molar-refractivity contribution < 1.29 is 13.6 Å². The molecule has 1 unspecified atom stereocenters. The lowest BCUT2D eigenvalue weighted by Gasteiger charge is -2.23. The molecule has 0 amide bonds. The highest BCUT2D eigenvalue weighted by Gasteiger charge is 2.30. The van der Waals surface area contributed by atoms with Crippen LogP contribution in [-0.2, 0) is 15.7 Å². The number of hydrogen-bond acceptors (Lipinski definition) is 4. The quantitative estimate of drug-likeness (QED) is 0.676. The Hall–Kier alpha value is -0.440. The molecular formula is C8H9O3PS. The van der Waals surface area contributed by atoms with Crippen LogP contribution in [0.4, 0.5) is 0 Å². The van der Waals surface area contributed by atoms with Crippen LogP contribution >= 0.6 is 18.2 Å². The van der Waals surface area contributed by atoms with Crippen molar-refractivity contribution in [3.63, 3.8) is 0 Å². The van der Waals surface area contributed by atoms with Crippen molar-refractivity contribution in [1.29, 1.82) is 0 Å². The maximum Gasteiger partial charge on any atom is 0.440 e. The van der Waals surface area contributed by atoms with Crippen molar-refractivity contribution in [2.45, 2.75) is 6.61 Å². The lowest BCUT2D eigenvalue weighted by atomic mass is 10.2. The molecule has 1 aliphatic heterocycles. The van der Waals surface area contributed by atoms with Gasteiger partial charge < -0.3 is 4.52 Å². The predicted octanol–water partition coefficient (Wildman–Crippen LogP) is 3.07. The molecule has 0 bridgehead atoms. The zero-order valence-corrected chi connectivity index (χ0v) is 8.81. The molecule has 1 heterocycles. The summed E-state index contributed by atoms with van der Waals surface area (Å²) in [6.45, 7) is -2.54. The first-order valence-corrected chi connectivity index (χ1v) is 7.18. The normalized spacial score (nSPS) is 26.2. The largest absolute Gasteiger partial charge is 0.440 e. The molecule has 0 saturated heterocycles. The summed E-state index contributed by atoms with van der Waals surface area (Å²) in [6.07, 6.45) is 1.72. The molecule has 0 aromatic heterocycles. The highest BCUT2D eigenvalue weighted by atomic mass is 32.7. The van der Waals surface area contributed by atoms with E-state index in [1.165, 1.54) is 0 Å². The van der Waals surface area contributed by atoms with Gasteiger partial charge in [-0.2, -0.15) is 0 Å². The fourth-order valence-corrected chi connectivity index (χ4v) is 2.99. The molecule has 0 spiro atoms. The van der Waals surface area contributed by atoms with Gasteiger partial charge in [0.15, 0.2) is 0 Å². The lowest BCUT2D eigenvalue weighted by molar-refractivity contribution is 0.247. The monoisotopic (exact) mass is 216 g/mol. The van der Waals surface area contributed by atoms with Crippen molar-refractivity contribution in [1.82, 2.24) is 0 Å². The third-order valence-electron chi connectivity index (χ3n) is 1.78. The maximum absolute atomic E-state index is 11.7. The Balaban J connectivity index is 2.35. The Morgan fingerprint density at radius 3 is 3.00 bits per heavy atom. The van der Waals surface area contributed by atoms with Crippen LogP contribution in [0.2, 0.25) is 0 Å². The molecule has 1 atom stereocenters. The highest BCUT2D eigenvalue weighted by molar-refractivity contribution is 8.54. The van der Waals surface area contributed by atoms with Crippen molar-refractivity contribution in [3.05, 3.63) is 29.8 Å². The Morgan fingerprint density at radius 1 is 1.46 bits per heavy atom. The second kappa shape index (κ2) is 3.37. The molecule has 0 radical (unpaired) electrons.